The van der Waals surface area contributed by atoms with E-state index >= 15 is 0 Å². The van der Waals surface area contributed by atoms with Gasteiger partial charge in [-0.2, -0.15) is 0 Å². The molecular weight excluding hydrogens is 599 g/mol. The standard InChI is InChI=1S/C23H12Br2ClFN2O5/c24-16-7-13(8-17(25)21(16)33-11-12-2-1-3-15(27)6-12)9-19-23(30)34-22(28-19)14-4-5-18(26)20(10-14)29(31)32/h1-10H,11H2/b19-9-. The molecule has 0 saturated heterocycles. The fourth-order valence-corrected chi connectivity index (χ4v) is 4.70. The lowest BCUT2D eigenvalue weighted by Gasteiger charge is -2.11. The van der Waals surface area contributed by atoms with Gasteiger partial charge in [0.15, 0.2) is 5.70 Å². The summed E-state index contributed by atoms with van der Waals surface area (Å²) in [7, 11) is 0. The predicted octanol–water partition coefficient (Wildman–Crippen LogP) is 6.84. The van der Waals surface area contributed by atoms with E-state index in [9.17, 15) is 19.3 Å². The third-order valence-electron chi connectivity index (χ3n) is 4.61. The number of benzene rings is 3. The van der Waals surface area contributed by atoms with Crippen LogP contribution in [0.4, 0.5) is 10.1 Å². The minimum absolute atomic E-state index is 0.0137. The number of hydrogen-bond donors (Lipinski definition) is 0. The number of ether oxygens (including phenoxy) is 2. The fourth-order valence-electron chi connectivity index (χ4n) is 3.06. The van der Waals surface area contributed by atoms with Crippen molar-refractivity contribution in [2.75, 3.05) is 0 Å². The molecule has 7 nitrogen and oxygen atoms in total. The zero-order chi connectivity index (χ0) is 24.4. The Morgan fingerprint density at radius 3 is 2.56 bits per heavy atom. The molecular formula is C23H12Br2ClFN2O5. The third kappa shape index (κ3) is 5.35. The van der Waals surface area contributed by atoms with Gasteiger partial charge in [-0.05, 0) is 85.5 Å². The van der Waals surface area contributed by atoms with Crippen LogP contribution in [-0.2, 0) is 16.1 Å². The second-order valence-electron chi connectivity index (χ2n) is 6.99. The molecule has 0 aromatic heterocycles. The molecule has 1 aliphatic heterocycles. The number of aliphatic imine (C=N–C) groups is 1. The van der Waals surface area contributed by atoms with Gasteiger partial charge < -0.3 is 9.47 Å². The Labute approximate surface area is 214 Å². The van der Waals surface area contributed by atoms with Crippen molar-refractivity contribution in [3.63, 3.8) is 0 Å². The minimum Gasteiger partial charge on any atom is -0.487 e. The van der Waals surface area contributed by atoms with Crippen molar-refractivity contribution in [1.82, 2.24) is 0 Å². The second kappa shape index (κ2) is 10.0. The van der Waals surface area contributed by atoms with Gasteiger partial charge in [0.2, 0.25) is 5.90 Å². The number of nitro groups is 1. The molecule has 0 N–H and O–H groups in total. The van der Waals surface area contributed by atoms with Crippen molar-refractivity contribution in [3.05, 3.63) is 107 Å². The van der Waals surface area contributed by atoms with E-state index in [1.165, 1.54) is 36.4 Å². The van der Waals surface area contributed by atoms with E-state index in [-0.39, 0.29) is 40.3 Å². The van der Waals surface area contributed by atoms with E-state index in [0.717, 1.165) is 0 Å². The fraction of sp³-hybridized carbons (Fsp3) is 0.0435. The van der Waals surface area contributed by atoms with Crippen LogP contribution >= 0.6 is 43.5 Å². The zero-order valence-corrected chi connectivity index (χ0v) is 20.9. The van der Waals surface area contributed by atoms with Gasteiger partial charge in [0.1, 0.15) is 23.2 Å². The number of carbonyl (C=O) groups excluding carboxylic acids is 1. The van der Waals surface area contributed by atoms with Crippen LogP contribution in [-0.4, -0.2) is 16.8 Å². The number of cyclic esters (lactones) is 1. The largest absolute Gasteiger partial charge is 0.487 e. The molecule has 0 unspecified atom stereocenters. The average molecular weight is 611 g/mol. The number of nitro benzene ring substituents is 1. The van der Waals surface area contributed by atoms with E-state index < -0.39 is 10.9 Å². The van der Waals surface area contributed by atoms with Gasteiger partial charge >= 0.3 is 5.97 Å². The van der Waals surface area contributed by atoms with E-state index in [0.29, 0.717) is 25.8 Å². The van der Waals surface area contributed by atoms with Crippen LogP contribution in [0.25, 0.3) is 6.08 Å². The molecule has 34 heavy (non-hydrogen) atoms. The Balaban J connectivity index is 1.57. The molecule has 4 rings (SSSR count). The number of esters is 1. The predicted molar refractivity (Wildman–Crippen MR) is 131 cm³/mol. The van der Waals surface area contributed by atoms with Crippen molar-refractivity contribution < 1.29 is 23.6 Å². The summed E-state index contributed by atoms with van der Waals surface area (Å²) in [6.07, 6.45) is 1.51. The van der Waals surface area contributed by atoms with Crippen molar-refractivity contribution >= 4 is 67.1 Å². The summed E-state index contributed by atoms with van der Waals surface area (Å²) in [5.74, 6) is -0.619. The number of nitrogens with zero attached hydrogens (tertiary/aromatic N) is 2. The lowest BCUT2D eigenvalue weighted by Crippen LogP contribution is -2.06. The lowest BCUT2D eigenvalue weighted by molar-refractivity contribution is -0.384. The summed E-state index contributed by atoms with van der Waals surface area (Å²) in [6.45, 7) is 0.155. The van der Waals surface area contributed by atoms with Crippen LogP contribution in [0, 0.1) is 15.9 Å². The highest BCUT2D eigenvalue weighted by Gasteiger charge is 2.26. The summed E-state index contributed by atoms with van der Waals surface area (Å²) < 4.78 is 25.5. The molecule has 0 radical (unpaired) electrons. The van der Waals surface area contributed by atoms with Crippen molar-refractivity contribution in [1.29, 1.82) is 0 Å². The van der Waals surface area contributed by atoms with Gasteiger partial charge in [0, 0.05) is 11.6 Å². The van der Waals surface area contributed by atoms with Crippen LogP contribution in [0.2, 0.25) is 5.02 Å². The van der Waals surface area contributed by atoms with Gasteiger partial charge in [-0.15, -0.1) is 0 Å². The Morgan fingerprint density at radius 1 is 1.15 bits per heavy atom. The number of rotatable bonds is 6. The molecule has 0 aliphatic carbocycles. The van der Waals surface area contributed by atoms with Crippen LogP contribution in [0.15, 0.2) is 74.2 Å². The highest BCUT2D eigenvalue weighted by Crippen LogP contribution is 2.36. The minimum atomic E-state index is -0.703. The summed E-state index contributed by atoms with van der Waals surface area (Å²) in [6, 6.07) is 13.5. The van der Waals surface area contributed by atoms with Crippen molar-refractivity contribution in [3.8, 4) is 5.75 Å². The monoisotopic (exact) mass is 608 g/mol. The molecule has 3 aromatic carbocycles. The molecule has 1 heterocycles. The molecule has 0 bridgehead atoms. The van der Waals surface area contributed by atoms with Gasteiger partial charge in [0.25, 0.3) is 5.69 Å². The highest BCUT2D eigenvalue weighted by molar-refractivity contribution is 9.11. The Kier molecular flexibility index (Phi) is 7.11. The van der Waals surface area contributed by atoms with E-state index in [1.54, 1.807) is 24.3 Å². The number of carbonyl (C=O) groups is 1. The van der Waals surface area contributed by atoms with Gasteiger partial charge in [-0.1, -0.05) is 23.7 Å². The molecule has 11 heteroatoms. The topological polar surface area (TPSA) is 91.0 Å². The van der Waals surface area contributed by atoms with Gasteiger partial charge in [-0.3, -0.25) is 10.1 Å². The molecule has 3 aromatic rings. The average Bonchev–Trinajstić information content (AvgIpc) is 3.13. The quantitative estimate of drug-likeness (QED) is 0.132. The smallest absolute Gasteiger partial charge is 0.363 e. The van der Waals surface area contributed by atoms with Crippen molar-refractivity contribution in [2.45, 2.75) is 6.61 Å². The van der Waals surface area contributed by atoms with Crippen LogP contribution in [0.5, 0.6) is 5.75 Å². The van der Waals surface area contributed by atoms with E-state index in [2.05, 4.69) is 36.9 Å². The van der Waals surface area contributed by atoms with Crippen LogP contribution in [0.1, 0.15) is 16.7 Å². The molecule has 1 aliphatic rings. The molecule has 0 saturated carbocycles. The maximum atomic E-state index is 13.4. The summed E-state index contributed by atoms with van der Waals surface area (Å²) in [5, 5.41) is 11.1. The SMILES string of the molecule is O=C1OC(c2ccc(Cl)c([N+](=O)[O-])c2)=N/C1=C\c1cc(Br)c(OCc2cccc(F)c2)c(Br)c1. The highest BCUT2D eigenvalue weighted by atomic mass is 79.9. The Bertz CT molecular complexity index is 1370. The van der Waals surface area contributed by atoms with E-state index in [1.807, 2.05) is 0 Å². The molecule has 0 fully saturated rings. The third-order valence-corrected chi connectivity index (χ3v) is 6.10. The molecule has 0 atom stereocenters. The van der Waals surface area contributed by atoms with Crippen LogP contribution in [0.3, 0.4) is 0 Å². The Morgan fingerprint density at radius 2 is 1.88 bits per heavy atom. The second-order valence-corrected chi connectivity index (χ2v) is 9.11. The van der Waals surface area contributed by atoms with Crippen molar-refractivity contribution in [2.24, 2.45) is 4.99 Å². The molecule has 172 valence electrons. The Hall–Kier alpha value is -3.08. The lowest BCUT2D eigenvalue weighted by atomic mass is 10.2. The van der Waals surface area contributed by atoms with Crippen LogP contribution < -0.4 is 4.74 Å². The number of hydrogen-bond acceptors (Lipinski definition) is 6. The number of halogens is 4. The summed E-state index contributed by atoms with van der Waals surface area (Å²) >= 11 is 12.7. The summed E-state index contributed by atoms with van der Waals surface area (Å²) in [4.78, 5) is 27.0. The first-order valence-electron chi connectivity index (χ1n) is 9.54. The zero-order valence-electron chi connectivity index (χ0n) is 16.9. The first kappa shape index (κ1) is 24.1. The first-order valence-corrected chi connectivity index (χ1v) is 11.5. The van der Waals surface area contributed by atoms with Gasteiger partial charge in [0.05, 0.1) is 13.9 Å². The first-order chi connectivity index (χ1) is 16.2. The molecule has 0 spiro atoms. The van der Waals surface area contributed by atoms with Gasteiger partial charge in [-0.25, -0.2) is 14.2 Å². The maximum Gasteiger partial charge on any atom is 0.363 e. The molecule has 0 amide bonds. The normalized spacial score (nSPS) is 14.2. The maximum absolute atomic E-state index is 13.4. The summed E-state index contributed by atoms with van der Waals surface area (Å²) in [5.41, 5.74) is 1.21. The van der Waals surface area contributed by atoms with E-state index in [4.69, 9.17) is 21.1 Å².